The van der Waals surface area contributed by atoms with Crippen LogP contribution in [0.4, 0.5) is 0 Å². The predicted octanol–water partition coefficient (Wildman–Crippen LogP) is 2.94. The standard InChI is InChI=1S/C19H24N2O4/c1-22-17-6-4-14(5-7-17)18-20-16(13-25-18)12-21-8-2-3-15(11-21)19-23-9-10-24-19/h4-7,13,15,19H,2-3,8-12H2,1H3. The van der Waals surface area contributed by atoms with Crippen molar-refractivity contribution in [3.63, 3.8) is 0 Å². The van der Waals surface area contributed by atoms with Crippen LogP contribution in [0, 0.1) is 5.92 Å². The number of rotatable bonds is 5. The molecule has 0 aliphatic carbocycles. The minimum Gasteiger partial charge on any atom is -0.497 e. The van der Waals surface area contributed by atoms with Crippen molar-refractivity contribution in [2.75, 3.05) is 33.4 Å². The molecule has 3 heterocycles. The highest BCUT2D eigenvalue weighted by Crippen LogP contribution is 2.27. The minimum absolute atomic E-state index is 0.0324. The molecule has 2 aliphatic rings. The van der Waals surface area contributed by atoms with Gasteiger partial charge in [0.25, 0.3) is 0 Å². The largest absolute Gasteiger partial charge is 0.497 e. The Morgan fingerprint density at radius 3 is 2.76 bits per heavy atom. The van der Waals surface area contributed by atoms with E-state index in [1.807, 2.05) is 24.3 Å². The molecule has 1 aromatic carbocycles. The quantitative estimate of drug-likeness (QED) is 0.831. The van der Waals surface area contributed by atoms with Gasteiger partial charge in [-0.3, -0.25) is 4.90 Å². The van der Waals surface area contributed by atoms with E-state index in [-0.39, 0.29) is 6.29 Å². The van der Waals surface area contributed by atoms with E-state index in [0.29, 0.717) is 11.8 Å². The zero-order valence-electron chi connectivity index (χ0n) is 14.5. The first-order valence-corrected chi connectivity index (χ1v) is 8.86. The molecule has 1 unspecified atom stereocenters. The van der Waals surface area contributed by atoms with Crippen LogP contribution < -0.4 is 4.74 Å². The van der Waals surface area contributed by atoms with E-state index in [2.05, 4.69) is 9.88 Å². The molecule has 0 saturated carbocycles. The number of likely N-dealkylation sites (tertiary alicyclic amines) is 1. The summed E-state index contributed by atoms with van der Waals surface area (Å²) in [6.45, 7) is 4.29. The van der Waals surface area contributed by atoms with E-state index < -0.39 is 0 Å². The highest BCUT2D eigenvalue weighted by molar-refractivity contribution is 5.54. The van der Waals surface area contributed by atoms with E-state index in [1.165, 1.54) is 0 Å². The fraction of sp³-hybridized carbons (Fsp3) is 0.526. The lowest BCUT2D eigenvalue weighted by atomic mass is 9.97. The van der Waals surface area contributed by atoms with E-state index in [9.17, 15) is 0 Å². The Hall–Kier alpha value is -1.89. The van der Waals surface area contributed by atoms with Crippen molar-refractivity contribution >= 4 is 0 Å². The van der Waals surface area contributed by atoms with E-state index in [4.69, 9.17) is 18.6 Å². The zero-order valence-corrected chi connectivity index (χ0v) is 14.5. The molecule has 2 aromatic rings. The van der Waals surface area contributed by atoms with Crippen LogP contribution in [0.3, 0.4) is 0 Å². The number of oxazole rings is 1. The summed E-state index contributed by atoms with van der Waals surface area (Å²) >= 11 is 0. The number of aromatic nitrogens is 1. The average molecular weight is 344 g/mol. The highest BCUT2D eigenvalue weighted by atomic mass is 16.7. The summed E-state index contributed by atoms with van der Waals surface area (Å²) in [7, 11) is 1.66. The topological polar surface area (TPSA) is 57.0 Å². The molecular weight excluding hydrogens is 320 g/mol. The molecule has 6 nitrogen and oxygen atoms in total. The second kappa shape index (κ2) is 7.56. The molecule has 1 atom stereocenters. The van der Waals surface area contributed by atoms with Gasteiger partial charge in [-0.2, -0.15) is 0 Å². The van der Waals surface area contributed by atoms with Crippen LogP contribution in [0.1, 0.15) is 18.5 Å². The van der Waals surface area contributed by atoms with Gasteiger partial charge in [0.2, 0.25) is 5.89 Å². The Bertz CT molecular complexity index is 679. The third kappa shape index (κ3) is 3.86. The maximum atomic E-state index is 5.68. The Labute approximate surface area is 147 Å². The number of nitrogens with zero attached hydrogens (tertiary/aromatic N) is 2. The van der Waals surface area contributed by atoms with E-state index in [1.54, 1.807) is 13.4 Å². The van der Waals surface area contributed by atoms with Crippen molar-refractivity contribution in [3.05, 3.63) is 36.2 Å². The Balaban J connectivity index is 1.38. The van der Waals surface area contributed by atoms with Gasteiger partial charge in [0.05, 0.1) is 26.0 Å². The smallest absolute Gasteiger partial charge is 0.226 e. The molecule has 2 fully saturated rings. The summed E-state index contributed by atoms with van der Waals surface area (Å²) in [6, 6.07) is 7.74. The maximum absolute atomic E-state index is 5.68. The molecule has 6 heteroatoms. The molecule has 0 N–H and O–H groups in total. The van der Waals surface area contributed by atoms with Gasteiger partial charge in [-0.05, 0) is 43.7 Å². The second-order valence-electron chi connectivity index (χ2n) is 6.62. The van der Waals surface area contributed by atoms with E-state index in [0.717, 1.165) is 62.7 Å². The average Bonchev–Trinajstić information content (AvgIpc) is 3.34. The van der Waals surface area contributed by atoms with Crippen LogP contribution in [-0.4, -0.2) is 49.6 Å². The van der Waals surface area contributed by atoms with Crippen LogP contribution in [0.5, 0.6) is 5.75 Å². The number of hydrogen-bond donors (Lipinski definition) is 0. The summed E-state index contributed by atoms with van der Waals surface area (Å²) in [4.78, 5) is 7.05. The van der Waals surface area contributed by atoms with Crippen molar-refractivity contribution in [3.8, 4) is 17.2 Å². The van der Waals surface area contributed by atoms with Gasteiger partial charge in [0, 0.05) is 24.6 Å². The van der Waals surface area contributed by atoms with Gasteiger partial charge in [-0.15, -0.1) is 0 Å². The number of hydrogen-bond acceptors (Lipinski definition) is 6. The molecule has 0 bridgehead atoms. The first-order valence-electron chi connectivity index (χ1n) is 8.86. The Morgan fingerprint density at radius 1 is 1.20 bits per heavy atom. The number of ether oxygens (including phenoxy) is 3. The molecule has 2 saturated heterocycles. The predicted molar refractivity (Wildman–Crippen MR) is 92.2 cm³/mol. The lowest BCUT2D eigenvalue weighted by Gasteiger charge is -2.34. The van der Waals surface area contributed by atoms with Crippen molar-refractivity contribution < 1.29 is 18.6 Å². The molecule has 134 valence electrons. The van der Waals surface area contributed by atoms with Crippen LogP contribution in [0.15, 0.2) is 34.9 Å². The molecule has 1 aromatic heterocycles. The Morgan fingerprint density at radius 2 is 2.00 bits per heavy atom. The van der Waals surface area contributed by atoms with Crippen molar-refractivity contribution in [1.29, 1.82) is 0 Å². The number of methoxy groups -OCH3 is 1. The molecule has 0 radical (unpaired) electrons. The molecule has 4 rings (SSSR count). The molecule has 0 amide bonds. The first-order chi connectivity index (χ1) is 12.3. The molecule has 2 aliphatic heterocycles. The van der Waals surface area contributed by atoms with Crippen molar-refractivity contribution in [2.24, 2.45) is 5.92 Å². The van der Waals surface area contributed by atoms with Gasteiger partial charge in [0.1, 0.15) is 12.0 Å². The lowest BCUT2D eigenvalue weighted by molar-refractivity contribution is -0.101. The molecular formula is C19H24N2O4. The van der Waals surface area contributed by atoms with Crippen LogP contribution in [-0.2, 0) is 16.0 Å². The molecule has 0 spiro atoms. The van der Waals surface area contributed by atoms with Crippen molar-refractivity contribution in [1.82, 2.24) is 9.88 Å². The number of benzene rings is 1. The van der Waals surface area contributed by atoms with Gasteiger partial charge in [0.15, 0.2) is 6.29 Å². The number of piperidine rings is 1. The SMILES string of the molecule is COc1ccc(-c2nc(CN3CCCC(C4OCCO4)C3)co2)cc1. The summed E-state index contributed by atoms with van der Waals surface area (Å²) in [5, 5.41) is 0. The summed E-state index contributed by atoms with van der Waals surface area (Å²) in [5.74, 6) is 1.92. The van der Waals surface area contributed by atoms with E-state index >= 15 is 0 Å². The third-order valence-corrected chi connectivity index (χ3v) is 4.85. The van der Waals surface area contributed by atoms with Gasteiger partial charge < -0.3 is 18.6 Å². The zero-order chi connectivity index (χ0) is 17.1. The Kier molecular flexibility index (Phi) is 5.01. The summed E-state index contributed by atoms with van der Waals surface area (Å²) in [6.07, 6.45) is 4.05. The van der Waals surface area contributed by atoms with Crippen molar-refractivity contribution in [2.45, 2.75) is 25.7 Å². The normalized spacial score (nSPS) is 22.4. The molecule has 25 heavy (non-hydrogen) atoms. The lowest BCUT2D eigenvalue weighted by Crippen LogP contribution is -2.40. The fourth-order valence-corrected chi connectivity index (χ4v) is 3.58. The fourth-order valence-electron chi connectivity index (χ4n) is 3.58. The van der Waals surface area contributed by atoms with Crippen LogP contribution >= 0.6 is 0 Å². The first kappa shape index (κ1) is 16.6. The van der Waals surface area contributed by atoms with Gasteiger partial charge >= 0.3 is 0 Å². The van der Waals surface area contributed by atoms with Gasteiger partial charge in [-0.1, -0.05) is 0 Å². The summed E-state index contributed by atoms with van der Waals surface area (Å²) < 4.78 is 22.2. The summed E-state index contributed by atoms with van der Waals surface area (Å²) in [5.41, 5.74) is 1.91. The van der Waals surface area contributed by atoms with Gasteiger partial charge in [-0.25, -0.2) is 4.98 Å². The monoisotopic (exact) mass is 344 g/mol. The van der Waals surface area contributed by atoms with Crippen LogP contribution in [0.25, 0.3) is 11.5 Å². The maximum Gasteiger partial charge on any atom is 0.226 e. The van der Waals surface area contributed by atoms with Crippen LogP contribution in [0.2, 0.25) is 0 Å². The second-order valence-corrected chi connectivity index (χ2v) is 6.62. The third-order valence-electron chi connectivity index (χ3n) is 4.85. The minimum atomic E-state index is -0.0324. The highest BCUT2D eigenvalue weighted by Gasteiger charge is 2.31.